The van der Waals surface area contributed by atoms with Crippen molar-refractivity contribution in [1.82, 2.24) is 15.1 Å². The average Bonchev–Trinajstić information content (AvgIpc) is 3.10. The second-order valence-electron chi connectivity index (χ2n) is 6.13. The summed E-state index contributed by atoms with van der Waals surface area (Å²) >= 11 is 0. The lowest BCUT2D eigenvalue weighted by molar-refractivity contribution is -0.137. The number of rotatable bonds is 5. The lowest BCUT2D eigenvalue weighted by Crippen LogP contribution is -2.24. The van der Waals surface area contributed by atoms with Crippen LogP contribution in [0.3, 0.4) is 0 Å². The van der Waals surface area contributed by atoms with Crippen LogP contribution in [0.4, 0.5) is 17.6 Å². The standard InChI is InChI=1S/C20H17F4N3O/c1-2-18-17(12-26-27(18)16-8-6-15(21)7-9-16)19(28)25-11-13-4-3-5-14(10-13)20(22,23)24/h3-10,12H,2,11H2,1H3,(H,25,28). The SMILES string of the molecule is CCc1c(C(=O)NCc2cccc(C(F)(F)F)c2)cnn1-c1ccc(F)cc1. The van der Waals surface area contributed by atoms with Crippen molar-refractivity contribution in [1.29, 1.82) is 0 Å². The Morgan fingerprint density at radius 1 is 1.14 bits per heavy atom. The number of carbonyl (C=O) groups excluding carboxylic acids is 1. The van der Waals surface area contributed by atoms with Gasteiger partial charge >= 0.3 is 6.18 Å². The highest BCUT2D eigenvalue weighted by molar-refractivity contribution is 5.95. The Balaban J connectivity index is 1.77. The summed E-state index contributed by atoms with van der Waals surface area (Å²) in [6, 6.07) is 10.5. The Labute approximate surface area is 158 Å². The van der Waals surface area contributed by atoms with Gasteiger partial charge < -0.3 is 5.32 Å². The minimum absolute atomic E-state index is 0.0480. The molecular weight excluding hydrogens is 374 g/mol. The van der Waals surface area contributed by atoms with Crippen LogP contribution in [0.25, 0.3) is 5.69 Å². The van der Waals surface area contributed by atoms with Gasteiger partial charge in [-0.2, -0.15) is 18.3 Å². The third-order valence-electron chi connectivity index (χ3n) is 4.23. The van der Waals surface area contributed by atoms with Crippen molar-refractivity contribution in [3.63, 3.8) is 0 Å². The van der Waals surface area contributed by atoms with Gasteiger partial charge in [0.25, 0.3) is 5.91 Å². The molecule has 1 heterocycles. The maximum atomic E-state index is 13.1. The van der Waals surface area contributed by atoms with E-state index in [0.717, 1.165) is 12.1 Å². The fourth-order valence-corrected chi connectivity index (χ4v) is 2.84. The molecule has 8 heteroatoms. The second-order valence-corrected chi connectivity index (χ2v) is 6.13. The number of aromatic nitrogens is 2. The van der Waals surface area contributed by atoms with Gasteiger partial charge in [-0.05, 0) is 48.4 Å². The van der Waals surface area contributed by atoms with E-state index in [1.807, 2.05) is 6.92 Å². The Hall–Kier alpha value is -3.16. The summed E-state index contributed by atoms with van der Waals surface area (Å²) < 4.78 is 53.1. The first kappa shape index (κ1) is 19.6. The maximum Gasteiger partial charge on any atom is 0.416 e. The van der Waals surface area contributed by atoms with Gasteiger partial charge in [-0.25, -0.2) is 9.07 Å². The minimum Gasteiger partial charge on any atom is -0.348 e. The molecule has 0 saturated heterocycles. The number of hydrogen-bond donors (Lipinski definition) is 1. The van der Waals surface area contributed by atoms with Crippen molar-refractivity contribution in [2.45, 2.75) is 26.1 Å². The van der Waals surface area contributed by atoms with Crippen molar-refractivity contribution in [2.75, 3.05) is 0 Å². The van der Waals surface area contributed by atoms with Gasteiger partial charge in [0.2, 0.25) is 0 Å². The number of nitrogens with one attached hydrogen (secondary N) is 1. The zero-order valence-corrected chi connectivity index (χ0v) is 14.9. The van der Waals surface area contributed by atoms with Gasteiger partial charge in [0, 0.05) is 6.54 Å². The summed E-state index contributed by atoms with van der Waals surface area (Å²) in [5, 5.41) is 6.82. The molecule has 4 nitrogen and oxygen atoms in total. The monoisotopic (exact) mass is 391 g/mol. The number of amides is 1. The molecule has 0 radical (unpaired) electrons. The first-order chi connectivity index (χ1) is 13.3. The average molecular weight is 391 g/mol. The Morgan fingerprint density at radius 3 is 2.50 bits per heavy atom. The Morgan fingerprint density at radius 2 is 1.86 bits per heavy atom. The van der Waals surface area contributed by atoms with Crippen molar-refractivity contribution in [2.24, 2.45) is 0 Å². The molecule has 0 bridgehead atoms. The van der Waals surface area contributed by atoms with E-state index in [9.17, 15) is 22.4 Å². The normalized spacial score (nSPS) is 11.5. The number of benzene rings is 2. The topological polar surface area (TPSA) is 46.9 Å². The molecule has 0 saturated carbocycles. The van der Waals surface area contributed by atoms with Crippen LogP contribution in [0.1, 0.15) is 34.1 Å². The lowest BCUT2D eigenvalue weighted by Gasteiger charge is -2.10. The third-order valence-corrected chi connectivity index (χ3v) is 4.23. The van der Waals surface area contributed by atoms with Crippen molar-refractivity contribution >= 4 is 5.91 Å². The lowest BCUT2D eigenvalue weighted by atomic mass is 10.1. The van der Waals surface area contributed by atoms with Crippen LogP contribution in [-0.2, 0) is 19.1 Å². The van der Waals surface area contributed by atoms with Crippen LogP contribution in [0, 0.1) is 5.82 Å². The minimum atomic E-state index is -4.44. The summed E-state index contributed by atoms with van der Waals surface area (Å²) in [5.74, 6) is -0.823. The Bertz CT molecular complexity index is 978. The molecule has 1 amide bonds. The first-order valence-electron chi connectivity index (χ1n) is 8.56. The molecule has 3 aromatic rings. The highest BCUT2D eigenvalue weighted by Gasteiger charge is 2.30. The predicted octanol–water partition coefficient (Wildman–Crippen LogP) is 4.52. The Kier molecular flexibility index (Phi) is 5.48. The molecule has 3 rings (SSSR count). The third kappa shape index (κ3) is 4.21. The predicted molar refractivity (Wildman–Crippen MR) is 95.5 cm³/mol. The summed E-state index contributed by atoms with van der Waals surface area (Å²) in [6.07, 6.45) is -2.56. The van der Waals surface area contributed by atoms with Crippen LogP contribution in [0.15, 0.2) is 54.7 Å². The molecule has 28 heavy (non-hydrogen) atoms. The second kappa shape index (κ2) is 7.84. The fourth-order valence-electron chi connectivity index (χ4n) is 2.84. The molecule has 146 valence electrons. The van der Waals surface area contributed by atoms with Crippen LogP contribution in [0.5, 0.6) is 0 Å². The molecule has 0 fully saturated rings. The van der Waals surface area contributed by atoms with E-state index in [1.165, 1.54) is 30.5 Å². The molecule has 0 aliphatic carbocycles. The van der Waals surface area contributed by atoms with E-state index in [2.05, 4.69) is 10.4 Å². The molecule has 0 unspecified atom stereocenters. The molecule has 0 aliphatic rings. The van der Waals surface area contributed by atoms with E-state index < -0.39 is 17.6 Å². The molecule has 1 aromatic heterocycles. The van der Waals surface area contributed by atoms with E-state index >= 15 is 0 Å². The number of halogens is 4. The van der Waals surface area contributed by atoms with Crippen LogP contribution >= 0.6 is 0 Å². The van der Waals surface area contributed by atoms with Gasteiger partial charge in [0.15, 0.2) is 0 Å². The molecule has 0 atom stereocenters. The van der Waals surface area contributed by atoms with E-state index in [0.29, 0.717) is 28.9 Å². The summed E-state index contributed by atoms with van der Waals surface area (Å²) in [6.45, 7) is 1.80. The molecular formula is C20H17F4N3O. The van der Waals surface area contributed by atoms with Gasteiger partial charge in [-0.15, -0.1) is 0 Å². The van der Waals surface area contributed by atoms with Gasteiger partial charge in [-0.1, -0.05) is 19.1 Å². The van der Waals surface area contributed by atoms with Crippen molar-refractivity contribution < 1.29 is 22.4 Å². The number of alkyl halides is 3. The zero-order chi connectivity index (χ0) is 20.3. The van der Waals surface area contributed by atoms with Gasteiger partial charge in [0.1, 0.15) is 5.82 Å². The van der Waals surface area contributed by atoms with E-state index in [1.54, 1.807) is 16.8 Å². The highest BCUT2D eigenvalue weighted by atomic mass is 19.4. The van der Waals surface area contributed by atoms with E-state index in [4.69, 9.17) is 0 Å². The first-order valence-corrected chi connectivity index (χ1v) is 8.56. The van der Waals surface area contributed by atoms with Crippen LogP contribution in [0.2, 0.25) is 0 Å². The van der Waals surface area contributed by atoms with Gasteiger partial charge in [-0.3, -0.25) is 4.79 Å². The highest BCUT2D eigenvalue weighted by Crippen LogP contribution is 2.29. The van der Waals surface area contributed by atoms with Gasteiger partial charge in [0.05, 0.1) is 28.7 Å². The summed E-state index contributed by atoms with van der Waals surface area (Å²) in [7, 11) is 0. The van der Waals surface area contributed by atoms with Crippen molar-refractivity contribution in [3.8, 4) is 5.69 Å². The number of hydrogen-bond acceptors (Lipinski definition) is 2. The smallest absolute Gasteiger partial charge is 0.348 e. The zero-order valence-electron chi connectivity index (χ0n) is 14.9. The van der Waals surface area contributed by atoms with E-state index in [-0.39, 0.29) is 12.4 Å². The fraction of sp³-hybridized carbons (Fsp3) is 0.200. The van der Waals surface area contributed by atoms with Crippen molar-refractivity contribution in [3.05, 3.63) is 82.9 Å². The van der Waals surface area contributed by atoms with Crippen LogP contribution in [-0.4, -0.2) is 15.7 Å². The number of nitrogens with zero attached hydrogens (tertiary/aromatic N) is 2. The maximum absolute atomic E-state index is 13.1. The molecule has 2 aromatic carbocycles. The molecule has 0 spiro atoms. The molecule has 0 aliphatic heterocycles. The quantitative estimate of drug-likeness (QED) is 0.650. The largest absolute Gasteiger partial charge is 0.416 e. The summed E-state index contributed by atoms with van der Waals surface area (Å²) in [5.41, 5.74) is 1.12. The molecule has 1 N–H and O–H groups in total. The summed E-state index contributed by atoms with van der Waals surface area (Å²) in [4.78, 5) is 12.5. The number of carbonyl (C=O) groups is 1. The van der Waals surface area contributed by atoms with Crippen LogP contribution < -0.4 is 5.32 Å².